The van der Waals surface area contributed by atoms with Gasteiger partial charge in [-0.15, -0.1) is 0 Å². The summed E-state index contributed by atoms with van der Waals surface area (Å²) in [7, 11) is 1.66. The molecule has 0 fully saturated rings. The van der Waals surface area contributed by atoms with Crippen molar-refractivity contribution in [2.45, 2.75) is 18.9 Å². The smallest absolute Gasteiger partial charge is 0.0956 e. The van der Waals surface area contributed by atoms with Crippen molar-refractivity contribution in [1.82, 2.24) is 5.32 Å². The zero-order valence-electron chi connectivity index (χ0n) is 9.65. The van der Waals surface area contributed by atoms with E-state index in [2.05, 4.69) is 23.5 Å². The Morgan fingerprint density at radius 1 is 1.38 bits per heavy atom. The summed E-state index contributed by atoms with van der Waals surface area (Å²) >= 11 is 0. The topological polar surface area (TPSA) is 45.0 Å². The Labute approximate surface area is 97.0 Å². The summed E-state index contributed by atoms with van der Waals surface area (Å²) in [4.78, 5) is 0. The molecule has 1 N–H and O–H groups in total. The first kappa shape index (κ1) is 12.7. The number of hydrogen-bond donors (Lipinski definition) is 1. The predicted octanol–water partition coefficient (Wildman–Crippen LogP) is 1.75. The van der Waals surface area contributed by atoms with Gasteiger partial charge in [0.05, 0.1) is 18.7 Å². The van der Waals surface area contributed by atoms with E-state index in [1.54, 1.807) is 7.11 Å². The standard InChI is InChI=1S/C13H18N2O/c1-16-10-9-15-13(11-14)8-7-12-5-3-2-4-6-12/h2-6,13,15H,7-10H2,1H3. The first-order valence-electron chi connectivity index (χ1n) is 5.52. The van der Waals surface area contributed by atoms with E-state index in [0.29, 0.717) is 6.61 Å². The molecule has 0 heterocycles. The van der Waals surface area contributed by atoms with E-state index in [0.717, 1.165) is 19.4 Å². The third kappa shape index (κ3) is 4.92. The molecule has 1 aromatic carbocycles. The molecule has 0 aliphatic rings. The predicted molar refractivity (Wildman–Crippen MR) is 64.0 cm³/mol. The number of nitrogens with zero attached hydrogens (tertiary/aromatic N) is 1. The molecule has 0 aromatic heterocycles. The van der Waals surface area contributed by atoms with E-state index in [1.807, 2.05) is 18.2 Å². The van der Waals surface area contributed by atoms with E-state index in [9.17, 15) is 0 Å². The Hall–Kier alpha value is -1.37. The van der Waals surface area contributed by atoms with Crippen LogP contribution in [0.5, 0.6) is 0 Å². The SMILES string of the molecule is COCCNC(C#N)CCc1ccccc1. The maximum atomic E-state index is 8.95. The van der Waals surface area contributed by atoms with Crippen molar-refractivity contribution >= 4 is 0 Å². The van der Waals surface area contributed by atoms with Crippen LogP contribution in [0.4, 0.5) is 0 Å². The summed E-state index contributed by atoms with van der Waals surface area (Å²) in [5.74, 6) is 0. The quantitative estimate of drug-likeness (QED) is 0.709. The van der Waals surface area contributed by atoms with Crippen LogP contribution in [0.25, 0.3) is 0 Å². The lowest BCUT2D eigenvalue weighted by Crippen LogP contribution is -2.31. The monoisotopic (exact) mass is 218 g/mol. The molecule has 0 saturated heterocycles. The van der Waals surface area contributed by atoms with Gasteiger partial charge in [-0.2, -0.15) is 5.26 Å². The molecule has 0 bridgehead atoms. The highest BCUT2D eigenvalue weighted by Crippen LogP contribution is 2.04. The average molecular weight is 218 g/mol. The van der Waals surface area contributed by atoms with Crippen LogP contribution in [0.15, 0.2) is 30.3 Å². The Bertz CT molecular complexity index is 318. The largest absolute Gasteiger partial charge is 0.383 e. The number of benzene rings is 1. The molecule has 3 heteroatoms. The maximum Gasteiger partial charge on any atom is 0.0956 e. The number of nitrogens with one attached hydrogen (secondary N) is 1. The molecule has 1 aromatic rings. The highest BCUT2D eigenvalue weighted by molar-refractivity contribution is 5.15. The lowest BCUT2D eigenvalue weighted by atomic mass is 10.1. The second-order valence-corrected chi connectivity index (χ2v) is 3.65. The van der Waals surface area contributed by atoms with Gasteiger partial charge in [0.15, 0.2) is 0 Å². The minimum absolute atomic E-state index is 0.0876. The van der Waals surface area contributed by atoms with E-state index in [4.69, 9.17) is 10.00 Å². The van der Waals surface area contributed by atoms with Gasteiger partial charge in [-0.25, -0.2) is 0 Å². The Morgan fingerprint density at radius 2 is 2.12 bits per heavy atom. The second-order valence-electron chi connectivity index (χ2n) is 3.65. The molecule has 0 spiro atoms. The van der Waals surface area contributed by atoms with Crippen LogP contribution >= 0.6 is 0 Å². The third-order valence-corrected chi connectivity index (χ3v) is 2.42. The summed E-state index contributed by atoms with van der Waals surface area (Å²) in [6.07, 6.45) is 1.77. The van der Waals surface area contributed by atoms with Crippen molar-refractivity contribution < 1.29 is 4.74 Å². The molecule has 0 amide bonds. The number of methoxy groups -OCH3 is 1. The fourth-order valence-corrected chi connectivity index (χ4v) is 1.50. The van der Waals surface area contributed by atoms with Crippen LogP contribution in [0.1, 0.15) is 12.0 Å². The highest BCUT2D eigenvalue weighted by atomic mass is 16.5. The van der Waals surface area contributed by atoms with Gasteiger partial charge >= 0.3 is 0 Å². The van der Waals surface area contributed by atoms with Gasteiger partial charge in [-0.3, -0.25) is 5.32 Å². The molecule has 16 heavy (non-hydrogen) atoms. The maximum absolute atomic E-state index is 8.95. The molecular weight excluding hydrogens is 200 g/mol. The Balaban J connectivity index is 2.27. The van der Waals surface area contributed by atoms with E-state index in [1.165, 1.54) is 5.56 Å². The van der Waals surface area contributed by atoms with Crippen LogP contribution in [-0.2, 0) is 11.2 Å². The van der Waals surface area contributed by atoms with Crippen molar-refractivity contribution in [3.05, 3.63) is 35.9 Å². The molecule has 1 atom stereocenters. The van der Waals surface area contributed by atoms with Gasteiger partial charge in [0, 0.05) is 13.7 Å². The average Bonchev–Trinajstić information content (AvgIpc) is 2.35. The summed E-state index contributed by atoms with van der Waals surface area (Å²) in [5, 5.41) is 12.1. The lowest BCUT2D eigenvalue weighted by molar-refractivity contribution is 0.197. The molecule has 3 nitrogen and oxygen atoms in total. The van der Waals surface area contributed by atoms with Crippen LogP contribution in [0.3, 0.4) is 0 Å². The van der Waals surface area contributed by atoms with Gasteiger partial charge in [-0.1, -0.05) is 30.3 Å². The van der Waals surface area contributed by atoms with E-state index in [-0.39, 0.29) is 6.04 Å². The van der Waals surface area contributed by atoms with Crippen LogP contribution in [0.2, 0.25) is 0 Å². The van der Waals surface area contributed by atoms with Crippen LogP contribution < -0.4 is 5.32 Å². The Kier molecular flexibility index (Phi) is 6.24. The molecular formula is C13H18N2O. The van der Waals surface area contributed by atoms with Crippen molar-refractivity contribution in [3.8, 4) is 6.07 Å². The number of nitriles is 1. The highest BCUT2D eigenvalue weighted by Gasteiger charge is 2.05. The summed E-state index contributed by atoms with van der Waals surface area (Å²) in [6, 6.07) is 12.4. The van der Waals surface area contributed by atoms with Crippen molar-refractivity contribution in [1.29, 1.82) is 5.26 Å². The van der Waals surface area contributed by atoms with Gasteiger partial charge in [0.2, 0.25) is 0 Å². The third-order valence-electron chi connectivity index (χ3n) is 2.42. The minimum atomic E-state index is -0.0876. The van der Waals surface area contributed by atoms with Gasteiger partial charge in [0.1, 0.15) is 0 Å². The van der Waals surface area contributed by atoms with Gasteiger partial charge < -0.3 is 4.74 Å². The van der Waals surface area contributed by atoms with Gasteiger partial charge in [0.25, 0.3) is 0 Å². The van der Waals surface area contributed by atoms with Crippen molar-refractivity contribution in [2.75, 3.05) is 20.3 Å². The fourth-order valence-electron chi connectivity index (χ4n) is 1.50. The molecule has 0 radical (unpaired) electrons. The van der Waals surface area contributed by atoms with Crippen molar-refractivity contribution in [3.63, 3.8) is 0 Å². The van der Waals surface area contributed by atoms with E-state index < -0.39 is 0 Å². The number of ether oxygens (including phenoxy) is 1. The molecule has 0 aliphatic carbocycles. The first-order valence-corrected chi connectivity index (χ1v) is 5.52. The molecule has 1 unspecified atom stereocenters. The minimum Gasteiger partial charge on any atom is -0.383 e. The molecule has 0 aliphatic heterocycles. The summed E-state index contributed by atoms with van der Waals surface area (Å²) in [6.45, 7) is 1.37. The lowest BCUT2D eigenvalue weighted by Gasteiger charge is -2.10. The zero-order chi connectivity index (χ0) is 11.6. The number of hydrogen-bond acceptors (Lipinski definition) is 3. The molecule has 0 saturated carbocycles. The fraction of sp³-hybridized carbons (Fsp3) is 0.462. The number of aryl methyl sites for hydroxylation is 1. The Morgan fingerprint density at radius 3 is 2.75 bits per heavy atom. The second kappa shape index (κ2) is 7.86. The van der Waals surface area contributed by atoms with Crippen LogP contribution in [0, 0.1) is 11.3 Å². The van der Waals surface area contributed by atoms with E-state index >= 15 is 0 Å². The van der Waals surface area contributed by atoms with Crippen molar-refractivity contribution in [2.24, 2.45) is 0 Å². The normalized spacial score (nSPS) is 12.0. The molecule has 86 valence electrons. The zero-order valence-corrected chi connectivity index (χ0v) is 9.65. The van der Waals surface area contributed by atoms with Crippen LogP contribution in [-0.4, -0.2) is 26.3 Å². The number of rotatable bonds is 7. The summed E-state index contributed by atoms with van der Waals surface area (Å²) in [5.41, 5.74) is 1.27. The first-order chi connectivity index (χ1) is 7.86. The summed E-state index contributed by atoms with van der Waals surface area (Å²) < 4.78 is 4.93. The van der Waals surface area contributed by atoms with Gasteiger partial charge in [-0.05, 0) is 18.4 Å². The molecule has 1 rings (SSSR count).